The Morgan fingerprint density at radius 3 is 2.47 bits per heavy atom. The van der Waals surface area contributed by atoms with Crippen LogP contribution in [-0.2, 0) is 11.8 Å². The zero-order chi connectivity index (χ0) is 11.7. The molecule has 0 amide bonds. The number of nitrogens with two attached hydrogens (primary N) is 1. The monoisotopic (exact) mass is 253 g/mol. The van der Waals surface area contributed by atoms with E-state index in [9.17, 15) is 14.9 Å². The van der Waals surface area contributed by atoms with Crippen LogP contribution in [0.4, 0.5) is 0 Å². The maximum absolute atomic E-state index is 10.2. The molecule has 0 heterocycles. The Balaban J connectivity index is 2.86. The first kappa shape index (κ1) is 13.6. The Kier molecular flexibility index (Phi) is 4.32. The molecule has 0 radical (unpaired) electrons. The lowest BCUT2D eigenvalue weighted by Gasteiger charge is -2.41. The van der Waals surface area contributed by atoms with E-state index in [4.69, 9.17) is 5.73 Å². The minimum absolute atomic E-state index is 0.172. The first-order valence-corrected chi connectivity index (χ1v) is 8.00. The van der Waals surface area contributed by atoms with Crippen molar-refractivity contribution in [3.8, 4) is 0 Å². The van der Waals surface area contributed by atoms with E-state index in [0.29, 0.717) is 5.92 Å². The highest BCUT2D eigenvalue weighted by Crippen LogP contribution is 2.56. The second-order valence-electron chi connectivity index (χ2n) is 4.60. The number of aliphatic hydroxyl groups is 1. The van der Waals surface area contributed by atoms with Gasteiger partial charge in [0.2, 0.25) is 6.49 Å². The Labute approximate surface area is 95.7 Å². The normalized spacial score (nSPS) is 32.3. The largest absolute Gasteiger partial charge is 0.378 e. The maximum Gasteiger partial charge on any atom is 0.216 e. The standard InChI is InChI=1S/C9H20NO3PS/c1-7-3-2-4-8(5-7)9(11,6-10)14(12,13)15/h7-8,11H,2-6,10H2,1H3,(H2,12,13,15). The quantitative estimate of drug-likeness (QED) is 0.558. The van der Waals surface area contributed by atoms with Gasteiger partial charge in [0.25, 0.3) is 0 Å². The van der Waals surface area contributed by atoms with Gasteiger partial charge >= 0.3 is 0 Å². The van der Waals surface area contributed by atoms with Gasteiger partial charge in [-0.25, -0.2) is 0 Å². The maximum atomic E-state index is 10.2. The summed E-state index contributed by atoms with van der Waals surface area (Å²) in [4.78, 5) is 19.1. The van der Waals surface area contributed by atoms with Crippen LogP contribution in [0.15, 0.2) is 0 Å². The summed E-state index contributed by atoms with van der Waals surface area (Å²) in [5, 5.41) is 8.56. The zero-order valence-corrected chi connectivity index (χ0v) is 10.7. The van der Waals surface area contributed by atoms with Gasteiger partial charge in [-0.1, -0.05) is 19.8 Å². The van der Waals surface area contributed by atoms with E-state index < -0.39 is 11.8 Å². The molecule has 1 aliphatic rings. The average Bonchev–Trinajstić information content (AvgIpc) is 2.14. The molecule has 0 saturated heterocycles. The van der Waals surface area contributed by atoms with Crippen LogP contribution in [0.25, 0.3) is 0 Å². The van der Waals surface area contributed by atoms with Gasteiger partial charge in [0.15, 0.2) is 5.34 Å². The van der Waals surface area contributed by atoms with Crippen LogP contribution in [0.5, 0.6) is 0 Å². The fraction of sp³-hybridized carbons (Fsp3) is 1.00. The van der Waals surface area contributed by atoms with Crippen LogP contribution in [0.3, 0.4) is 0 Å². The zero-order valence-electron chi connectivity index (χ0n) is 8.96. The molecule has 1 saturated carbocycles. The molecular weight excluding hydrogens is 233 g/mol. The van der Waals surface area contributed by atoms with Crippen molar-refractivity contribution >= 4 is 18.3 Å². The molecule has 0 aromatic rings. The minimum Gasteiger partial charge on any atom is -0.378 e. The molecule has 0 aromatic carbocycles. The van der Waals surface area contributed by atoms with Gasteiger partial charge in [0.1, 0.15) is 0 Å². The van der Waals surface area contributed by atoms with E-state index in [1.165, 1.54) is 0 Å². The molecule has 0 bridgehead atoms. The van der Waals surface area contributed by atoms with E-state index in [-0.39, 0.29) is 12.5 Å². The molecule has 1 rings (SSSR count). The van der Waals surface area contributed by atoms with Gasteiger partial charge < -0.3 is 20.6 Å². The van der Waals surface area contributed by atoms with Crippen LogP contribution in [0, 0.1) is 11.8 Å². The van der Waals surface area contributed by atoms with E-state index in [2.05, 4.69) is 18.7 Å². The fourth-order valence-corrected chi connectivity index (χ4v) is 4.00. The Hall–Kier alpha value is 0.490. The molecule has 0 spiro atoms. The van der Waals surface area contributed by atoms with Crippen LogP contribution in [0.1, 0.15) is 32.6 Å². The summed E-state index contributed by atoms with van der Waals surface area (Å²) < 4.78 is 0. The third kappa shape index (κ3) is 2.78. The van der Waals surface area contributed by atoms with Gasteiger partial charge in [-0.05, 0) is 36.5 Å². The van der Waals surface area contributed by atoms with E-state index in [0.717, 1.165) is 25.7 Å². The average molecular weight is 253 g/mol. The molecular formula is C9H20NO3PS. The first-order valence-electron chi connectivity index (χ1n) is 5.29. The van der Waals surface area contributed by atoms with Crippen molar-refractivity contribution in [3.63, 3.8) is 0 Å². The molecule has 1 fully saturated rings. The third-order valence-corrected chi connectivity index (χ3v) is 5.90. The first-order chi connectivity index (χ1) is 6.81. The van der Waals surface area contributed by atoms with Gasteiger partial charge in [-0.2, -0.15) is 0 Å². The molecule has 15 heavy (non-hydrogen) atoms. The van der Waals surface area contributed by atoms with Crippen molar-refractivity contribution in [2.45, 2.75) is 37.9 Å². The SMILES string of the molecule is CC1CCCC(C(O)(CN)P(O)(O)=S)C1. The van der Waals surface area contributed by atoms with Gasteiger partial charge in [0, 0.05) is 6.54 Å². The lowest BCUT2D eigenvalue weighted by Crippen LogP contribution is -2.46. The highest BCUT2D eigenvalue weighted by Gasteiger charge is 2.47. The molecule has 4 nitrogen and oxygen atoms in total. The number of rotatable bonds is 3. The Bertz CT molecular complexity index is 270. The lowest BCUT2D eigenvalue weighted by molar-refractivity contribution is 0.0260. The van der Waals surface area contributed by atoms with Crippen molar-refractivity contribution in [3.05, 3.63) is 0 Å². The molecule has 6 heteroatoms. The second-order valence-corrected chi connectivity index (χ2v) is 7.99. The summed E-state index contributed by atoms with van der Waals surface area (Å²) in [6, 6.07) is 0. The van der Waals surface area contributed by atoms with Crippen LogP contribution < -0.4 is 5.73 Å². The molecule has 3 atom stereocenters. The second kappa shape index (κ2) is 4.78. The third-order valence-electron chi connectivity index (χ3n) is 3.40. The van der Waals surface area contributed by atoms with E-state index >= 15 is 0 Å². The summed E-state index contributed by atoms with van der Waals surface area (Å²) in [6.07, 6.45) is 3.66. The summed E-state index contributed by atoms with van der Waals surface area (Å²) in [6.45, 7) is -1.79. The molecule has 1 aliphatic carbocycles. The summed E-state index contributed by atoms with van der Waals surface area (Å²) in [5.74, 6) is 0.315. The highest BCUT2D eigenvalue weighted by molar-refractivity contribution is 8.09. The molecule has 0 aliphatic heterocycles. The van der Waals surface area contributed by atoms with Crippen LogP contribution >= 0.6 is 6.49 Å². The fourth-order valence-electron chi connectivity index (χ4n) is 2.38. The van der Waals surface area contributed by atoms with Gasteiger partial charge in [-0.3, -0.25) is 0 Å². The molecule has 3 unspecified atom stereocenters. The van der Waals surface area contributed by atoms with E-state index in [1.807, 2.05) is 0 Å². The minimum atomic E-state index is -3.72. The summed E-state index contributed by atoms with van der Waals surface area (Å²) in [5.41, 5.74) is 5.46. The van der Waals surface area contributed by atoms with Crippen molar-refractivity contribution in [1.29, 1.82) is 0 Å². The lowest BCUT2D eigenvalue weighted by atomic mass is 9.79. The number of hydrogen-bond acceptors (Lipinski definition) is 3. The van der Waals surface area contributed by atoms with Crippen molar-refractivity contribution in [2.24, 2.45) is 17.6 Å². The van der Waals surface area contributed by atoms with Gasteiger partial charge in [-0.15, -0.1) is 0 Å². The van der Waals surface area contributed by atoms with E-state index in [1.54, 1.807) is 0 Å². The Morgan fingerprint density at radius 1 is 1.47 bits per heavy atom. The highest BCUT2D eigenvalue weighted by atomic mass is 32.5. The predicted octanol–water partition coefficient (Wildman–Crippen LogP) is 0.754. The topological polar surface area (TPSA) is 86.7 Å². The summed E-state index contributed by atoms with van der Waals surface area (Å²) in [7, 11) is 0. The van der Waals surface area contributed by atoms with Crippen molar-refractivity contribution < 1.29 is 14.9 Å². The molecule has 0 aromatic heterocycles. The van der Waals surface area contributed by atoms with Crippen LogP contribution in [0.2, 0.25) is 0 Å². The van der Waals surface area contributed by atoms with Crippen molar-refractivity contribution in [1.82, 2.24) is 0 Å². The number of hydrogen-bond donors (Lipinski definition) is 4. The Morgan fingerprint density at radius 2 is 2.07 bits per heavy atom. The van der Waals surface area contributed by atoms with Crippen molar-refractivity contribution in [2.75, 3.05) is 6.54 Å². The molecule has 90 valence electrons. The smallest absolute Gasteiger partial charge is 0.216 e. The van der Waals surface area contributed by atoms with Crippen LogP contribution in [-0.4, -0.2) is 26.8 Å². The van der Waals surface area contributed by atoms with Gasteiger partial charge in [0.05, 0.1) is 0 Å². The summed E-state index contributed by atoms with van der Waals surface area (Å²) >= 11 is 4.63. The molecule has 5 N–H and O–H groups in total. The predicted molar refractivity (Wildman–Crippen MR) is 63.8 cm³/mol.